The highest BCUT2D eigenvalue weighted by atomic mass is 32.2. The summed E-state index contributed by atoms with van der Waals surface area (Å²) in [7, 11) is 1.45. The summed E-state index contributed by atoms with van der Waals surface area (Å²) in [6.07, 6.45) is 7.97. The van der Waals surface area contributed by atoms with Crippen LogP contribution in [-0.2, 0) is 14.3 Å². The number of benzene rings is 1. The number of anilines is 1. The fourth-order valence-corrected chi connectivity index (χ4v) is 6.18. The van der Waals surface area contributed by atoms with Gasteiger partial charge in [-0.15, -0.1) is 0 Å². The number of nitrogens with one attached hydrogen (secondary N) is 3. The number of ether oxygens (including phenoxy) is 1. The minimum Gasteiger partial charge on any atom is -0.469 e. The maximum atomic E-state index is 13.0. The van der Waals surface area contributed by atoms with Crippen LogP contribution in [0.3, 0.4) is 0 Å². The summed E-state index contributed by atoms with van der Waals surface area (Å²) < 4.78 is 5.18. The summed E-state index contributed by atoms with van der Waals surface area (Å²) in [6, 6.07) is 7.92. The van der Waals surface area contributed by atoms with Crippen LogP contribution in [0.5, 0.6) is 0 Å². The van der Waals surface area contributed by atoms with Gasteiger partial charge in [-0.2, -0.15) is 0 Å². The van der Waals surface area contributed by atoms with Crippen molar-refractivity contribution in [1.29, 1.82) is 0 Å². The summed E-state index contributed by atoms with van der Waals surface area (Å²) in [5.41, 5.74) is 0.982. The molecule has 158 valence electrons. The van der Waals surface area contributed by atoms with Crippen molar-refractivity contribution in [3.63, 3.8) is 0 Å². The van der Waals surface area contributed by atoms with E-state index in [1.54, 1.807) is 0 Å². The number of carbonyl (C=O) groups excluding carboxylic acids is 2. The van der Waals surface area contributed by atoms with Gasteiger partial charge in [0.1, 0.15) is 0 Å². The van der Waals surface area contributed by atoms with Crippen LogP contribution < -0.4 is 16.0 Å². The Morgan fingerprint density at radius 2 is 1.86 bits per heavy atom. The van der Waals surface area contributed by atoms with Gasteiger partial charge in [-0.25, -0.2) is 0 Å². The van der Waals surface area contributed by atoms with Crippen molar-refractivity contribution in [3.05, 3.63) is 24.3 Å². The summed E-state index contributed by atoms with van der Waals surface area (Å²) in [6.45, 7) is 0.811. The lowest BCUT2D eigenvalue weighted by Crippen LogP contribution is -2.60. The molecule has 0 bridgehead atoms. The first-order valence-electron chi connectivity index (χ1n) is 10.8. The lowest BCUT2D eigenvalue weighted by atomic mass is 9.72. The fourth-order valence-electron chi connectivity index (χ4n) is 5.15. The minimum atomic E-state index is -0.386. The Bertz CT molecular complexity index is 711. The number of piperidine rings is 1. The second-order valence-corrected chi connectivity index (χ2v) is 9.48. The molecular weight excluding hydrogens is 386 g/mol. The first-order chi connectivity index (χ1) is 14.2. The van der Waals surface area contributed by atoms with Crippen LogP contribution in [0.15, 0.2) is 29.2 Å². The molecule has 2 aliphatic heterocycles. The largest absolute Gasteiger partial charge is 0.469 e. The van der Waals surface area contributed by atoms with E-state index in [9.17, 15) is 9.59 Å². The molecule has 1 saturated heterocycles. The second-order valence-electron chi connectivity index (χ2n) is 8.33. The van der Waals surface area contributed by atoms with E-state index in [0.717, 1.165) is 23.5 Å². The lowest BCUT2D eigenvalue weighted by molar-refractivity contribution is -0.152. The third-order valence-corrected chi connectivity index (χ3v) is 7.77. The van der Waals surface area contributed by atoms with Gasteiger partial charge in [0, 0.05) is 10.6 Å². The molecule has 6 nitrogen and oxygen atoms in total. The molecule has 1 amide bonds. The number of thioether (sulfide) groups is 1. The zero-order valence-corrected chi connectivity index (χ0v) is 17.8. The van der Waals surface area contributed by atoms with Gasteiger partial charge in [0.2, 0.25) is 0 Å². The highest BCUT2D eigenvalue weighted by molar-refractivity contribution is 8.01. The minimum absolute atomic E-state index is 0.0980. The first kappa shape index (κ1) is 20.5. The van der Waals surface area contributed by atoms with Crippen molar-refractivity contribution >= 4 is 29.3 Å². The lowest BCUT2D eigenvalue weighted by Gasteiger charge is -2.41. The first-order valence-corrected chi connectivity index (χ1v) is 11.7. The molecular formula is C22H31N3O3S. The zero-order chi connectivity index (χ0) is 20.2. The van der Waals surface area contributed by atoms with Gasteiger partial charge in [0.25, 0.3) is 5.91 Å². The van der Waals surface area contributed by atoms with Crippen molar-refractivity contribution < 1.29 is 14.3 Å². The Balaban J connectivity index is 1.46. The van der Waals surface area contributed by atoms with E-state index >= 15 is 0 Å². The molecule has 3 aliphatic rings. The predicted molar refractivity (Wildman–Crippen MR) is 114 cm³/mol. The molecule has 7 heteroatoms. The van der Waals surface area contributed by atoms with E-state index < -0.39 is 0 Å². The average molecular weight is 418 g/mol. The maximum Gasteiger partial charge on any atom is 0.312 e. The zero-order valence-electron chi connectivity index (χ0n) is 17.0. The second kappa shape index (κ2) is 9.39. The third-order valence-electron chi connectivity index (χ3n) is 6.60. The van der Waals surface area contributed by atoms with Gasteiger partial charge in [0.05, 0.1) is 19.2 Å². The molecule has 1 saturated carbocycles. The van der Waals surface area contributed by atoms with Gasteiger partial charge < -0.3 is 15.4 Å². The van der Waals surface area contributed by atoms with E-state index in [0.29, 0.717) is 5.92 Å². The molecule has 4 rings (SSSR count). The van der Waals surface area contributed by atoms with Crippen molar-refractivity contribution in [2.24, 2.45) is 17.8 Å². The smallest absolute Gasteiger partial charge is 0.312 e. The maximum absolute atomic E-state index is 13.0. The van der Waals surface area contributed by atoms with Crippen LogP contribution in [0.25, 0.3) is 0 Å². The Labute approximate surface area is 176 Å². The standard InChI is InChI=1S/C22H31N3O3S/c1-28-22(27)18-15(14-8-4-2-3-5-9-14)12-13-23-19(18)25-20(26)21-24-16-10-6-7-11-17(16)29-21/h6-7,10-11,14-15,18-19,21,23-24H,2-5,8-9,12-13H2,1H3,(H,25,26). The number of para-hydroxylation sites is 1. The van der Waals surface area contributed by atoms with Crippen LogP contribution in [0.2, 0.25) is 0 Å². The van der Waals surface area contributed by atoms with Crippen molar-refractivity contribution in [2.75, 3.05) is 19.0 Å². The molecule has 2 fully saturated rings. The summed E-state index contributed by atoms with van der Waals surface area (Å²) in [5.74, 6) is 0.139. The third kappa shape index (κ3) is 4.56. The highest BCUT2D eigenvalue weighted by Gasteiger charge is 2.44. The summed E-state index contributed by atoms with van der Waals surface area (Å²) >= 11 is 1.51. The number of esters is 1. The molecule has 1 aromatic rings. The molecule has 1 aliphatic carbocycles. The fraction of sp³-hybridized carbons (Fsp3) is 0.636. The van der Waals surface area contributed by atoms with Crippen LogP contribution in [0.1, 0.15) is 44.9 Å². The Hall–Kier alpha value is -1.73. The average Bonchev–Trinajstić information content (AvgIpc) is 3.00. The van der Waals surface area contributed by atoms with Gasteiger partial charge in [-0.3, -0.25) is 14.9 Å². The highest BCUT2D eigenvalue weighted by Crippen LogP contribution is 2.40. The van der Waals surface area contributed by atoms with Crippen molar-refractivity contribution in [1.82, 2.24) is 10.6 Å². The summed E-state index contributed by atoms with van der Waals surface area (Å²) in [4.78, 5) is 26.8. The van der Waals surface area contributed by atoms with E-state index in [2.05, 4.69) is 16.0 Å². The number of hydrogen-bond acceptors (Lipinski definition) is 6. The van der Waals surface area contributed by atoms with Crippen LogP contribution in [0, 0.1) is 17.8 Å². The number of hydrogen-bond donors (Lipinski definition) is 3. The molecule has 0 radical (unpaired) electrons. The number of fused-ring (bicyclic) bond motifs is 1. The topological polar surface area (TPSA) is 79.5 Å². The number of methoxy groups -OCH3 is 1. The van der Waals surface area contributed by atoms with E-state index in [-0.39, 0.29) is 35.3 Å². The van der Waals surface area contributed by atoms with Gasteiger partial charge in [-0.1, -0.05) is 62.4 Å². The molecule has 2 heterocycles. The number of carbonyl (C=O) groups is 2. The molecule has 4 atom stereocenters. The molecule has 1 aromatic carbocycles. The SMILES string of the molecule is COC(=O)C1C(NC(=O)C2Nc3ccccc3S2)NCCC1C1CCCCCC1. The normalized spacial score (nSPS) is 30.0. The van der Waals surface area contributed by atoms with Gasteiger partial charge in [0.15, 0.2) is 5.37 Å². The monoisotopic (exact) mass is 417 g/mol. The molecule has 29 heavy (non-hydrogen) atoms. The molecule has 4 unspecified atom stereocenters. The van der Waals surface area contributed by atoms with Gasteiger partial charge in [-0.05, 0) is 36.9 Å². The quantitative estimate of drug-likeness (QED) is 0.515. The van der Waals surface area contributed by atoms with Crippen molar-refractivity contribution in [2.45, 2.75) is 61.4 Å². The molecule has 0 spiro atoms. The van der Waals surface area contributed by atoms with E-state index in [1.807, 2.05) is 24.3 Å². The number of rotatable bonds is 4. The van der Waals surface area contributed by atoms with E-state index in [4.69, 9.17) is 4.74 Å². The summed E-state index contributed by atoms with van der Waals surface area (Å²) in [5, 5.41) is 9.37. The molecule has 0 aromatic heterocycles. The predicted octanol–water partition coefficient (Wildman–Crippen LogP) is 3.34. The van der Waals surface area contributed by atoms with Crippen LogP contribution in [0.4, 0.5) is 5.69 Å². The Morgan fingerprint density at radius 1 is 1.10 bits per heavy atom. The number of amides is 1. The van der Waals surface area contributed by atoms with Crippen LogP contribution >= 0.6 is 11.8 Å². The molecule has 3 N–H and O–H groups in total. The van der Waals surface area contributed by atoms with Crippen molar-refractivity contribution in [3.8, 4) is 0 Å². The van der Waals surface area contributed by atoms with Gasteiger partial charge >= 0.3 is 5.97 Å². The Morgan fingerprint density at radius 3 is 2.59 bits per heavy atom. The Kier molecular flexibility index (Phi) is 6.65. The van der Waals surface area contributed by atoms with E-state index in [1.165, 1.54) is 57.4 Å². The van der Waals surface area contributed by atoms with Crippen LogP contribution in [-0.4, -0.2) is 37.1 Å².